The summed E-state index contributed by atoms with van der Waals surface area (Å²) in [6.07, 6.45) is 1.05. The first-order valence-electron chi connectivity index (χ1n) is 5.81. The fraction of sp³-hybridized carbons (Fsp3) is 0.462. The molecule has 0 amide bonds. The average molecular weight is 252 g/mol. The molecule has 1 aromatic carbocycles. The maximum Gasteiger partial charge on any atom is 0.171 e. The number of anilines is 1. The minimum atomic E-state index is 0.204. The lowest BCUT2D eigenvalue weighted by Gasteiger charge is -2.16. The van der Waals surface area contributed by atoms with Crippen LogP contribution in [0.4, 0.5) is 5.69 Å². The van der Waals surface area contributed by atoms with Gasteiger partial charge in [0.05, 0.1) is 6.61 Å². The van der Waals surface area contributed by atoms with Crippen molar-refractivity contribution in [3.8, 4) is 0 Å². The summed E-state index contributed by atoms with van der Waals surface area (Å²) in [6.45, 7) is 4.80. The molecule has 0 spiro atoms. The summed E-state index contributed by atoms with van der Waals surface area (Å²) < 4.78 is 5.04. The smallest absolute Gasteiger partial charge is 0.171 e. The molecule has 3 nitrogen and oxygen atoms in total. The Hall–Kier alpha value is -1.13. The Morgan fingerprint density at radius 3 is 2.53 bits per heavy atom. The van der Waals surface area contributed by atoms with Gasteiger partial charge in [0.15, 0.2) is 5.11 Å². The molecule has 17 heavy (non-hydrogen) atoms. The first kappa shape index (κ1) is 13.9. The fourth-order valence-corrected chi connectivity index (χ4v) is 1.83. The fourth-order valence-electron chi connectivity index (χ4n) is 1.51. The summed E-state index contributed by atoms with van der Waals surface area (Å²) in [5, 5.41) is 6.92. The van der Waals surface area contributed by atoms with Crippen LogP contribution in [0.5, 0.6) is 0 Å². The minimum Gasteiger partial charge on any atom is -0.383 e. The van der Waals surface area contributed by atoms with Gasteiger partial charge in [-0.2, -0.15) is 0 Å². The Bertz CT molecular complexity index is 351. The van der Waals surface area contributed by atoms with Crippen molar-refractivity contribution in [1.82, 2.24) is 5.32 Å². The minimum absolute atomic E-state index is 0.204. The van der Waals surface area contributed by atoms with E-state index >= 15 is 0 Å². The number of ether oxygens (including phenoxy) is 1. The van der Waals surface area contributed by atoms with Crippen LogP contribution in [0.1, 0.15) is 19.4 Å². The number of rotatable bonds is 5. The summed E-state index contributed by atoms with van der Waals surface area (Å²) in [5.74, 6) is 0. The second kappa shape index (κ2) is 7.25. The lowest BCUT2D eigenvalue weighted by molar-refractivity contribution is 0.179. The molecular formula is C13H20N2OS. The highest BCUT2D eigenvalue weighted by Crippen LogP contribution is 2.09. The molecule has 0 radical (unpaired) electrons. The number of hydrogen-bond donors (Lipinski definition) is 2. The van der Waals surface area contributed by atoms with Crippen molar-refractivity contribution < 1.29 is 4.74 Å². The van der Waals surface area contributed by atoms with Crippen LogP contribution < -0.4 is 10.6 Å². The number of thiocarbonyl (C=S) groups is 1. The number of benzene rings is 1. The van der Waals surface area contributed by atoms with Crippen LogP contribution in [0.3, 0.4) is 0 Å². The molecule has 0 aliphatic rings. The van der Waals surface area contributed by atoms with E-state index in [-0.39, 0.29) is 6.04 Å². The van der Waals surface area contributed by atoms with E-state index in [4.69, 9.17) is 17.0 Å². The number of hydrogen-bond acceptors (Lipinski definition) is 2. The molecule has 1 atom stereocenters. The van der Waals surface area contributed by atoms with Gasteiger partial charge in [-0.25, -0.2) is 0 Å². The second-order valence-corrected chi connectivity index (χ2v) is 4.41. The van der Waals surface area contributed by atoms with Crippen LogP contribution in [-0.2, 0) is 11.2 Å². The molecule has 0 heterocycles. The summed E-state index contributed by atoms with van der Waals surface area (Å²) >= 11 is 5.21. The summed E-state index contributed by atoms with van der Waals surface area (Å²) in [5.41, 5.74) is 2.33. The third-order valence-corrected chi connectivity index (χ3v) is 2.63. The molecule has 0 bridgehead atoms. The predicted molar refractivity (Wildman–Crippen MR) is 76.5 cm³/mol. The maximum atomic E-state index is 5.21. The maximum absolute atomic E-state index is 5.21. The van der Waals surface area contributed by atoms with Crippen molar-refractivity contribution in [3.05, 3.63) is 29.8 Å². The molecule has 4 heteroatoms. The summed E-state index contributed by atoms with van der Waals surface area (Å²) in [4.78, 5) is 0. The largest absolute Gasteiger partial charge is 0.383 e. The third kappa shape index (κ3) is 5.15. The topological polar surface area (TPSA) is 33.3 Å². The molecule has 1 aromatic rings. The van der Waals surface area contributed by atoms with Gasteiger partial charge in [0.2, 0.25) is 0 Å². The average Bonchev–Trinajstić information content (AvgIpc) is 2.30. The molecule has 0 saturated heterocycles. The highest BCUT2D eigenvalue weighted by molar-refractivity contribution is 7.80. The van der Waals surface area contributed by atoms with E-state index in [1.165, 1.54) is 5.56 Å². The van der Waals surface area contributed by atoms with Gasteiger partial charge in [-0.1, -0.05) is 19.1 Å². The van der Waals surface area contributed by atoms with Gasteiger partial charge in [-0.05, 0) is 43.3 Å². The van der Waals surface area contributed by atoms with Gasteiger partial charge in [0.25, 0.3) is 0 Å². The Morgan fingerprint density at radius 2 is 2.00 bits per heavy atom. The molecule has 0 aliphatic carbocycles. The lowest BCUT2D eigenvalue weighted by Crippen LogP contribution is -2.38. The van der Waals surface area contributed by atoms with Gasteiger partial charge in [-0.3, -0.25) is 0 Å². The van der Waals surface area contributed by atoms with Gasteiger partial charge < -0.3 is 15.4 Å². The van der Waals surface area contributed by atoms with Crippen molar-refractivity contribution in [2.45, 2.75) is 26.3 Å². The first-order chi connectivity index (χ1) is 8.15. The quantitative estimate of drug-likeness (QED) is 0.789. The van der Waals surface area contributed by atoms with Crippen LogP contribution in [0, 0.1) is 0 Å². The zero-order valence-corrected chi connectivity index (χ0v) is 11.4. The molecule has 0 saturated carbocycles. The van der Waals surface area contributed by atoms with Crippen LogP contribution >= 0.6 is 12.2 Å². The summed E-state index contributed by atoms with van der Waals surface area (Å²) in [6, 6.07) is 8.48. The summed E-state index contributed by atoms with van der Waals surface area (Å²) in [7, 11) is 1.68. The molecule has 94 valence electrons. The second-order valence-electron chi connectivity index (χ2n) is 4.01. The number of aryl methyl sites for hydroxylation is 1. The molecule has 1 unspecified atom stereocenters. The van der Waals surface area contributed by atoms with Gasteiger partial charge >= 0.3 is 0 Å². The van der Waals surface area contributed by atoms with Gasteiger partial charge in [0, 0.05) is 18.8 Å². The standard InChI is InChI=1S/C13H20N2OS/c1-4-11-5-7-12(8-6-11)15-13(17)14-10(2)9-16-3/h5-8,10H,4,9H2,1-3H3,(H2,14,15,17). The van der Waals surface area contributed by atoms with Crippen molar-refractivity contribution in [1.29, 1.82) is 0 Å². The van der Waals surface area contributed by atoms with Crippen LogP contribution in [0.2, 0.25) is 0 Å². The molecule has 0 fully saturated rings. The van der Waals surface area contributed by atoms with E-state index in [9.17, 15) is 0 Å². The monoisotopic (exact) mass is 252 g/mol. The number of methoxy groups -OCH3 is 1. The SMILES string of the molecule is CCc1ccc(NC(=S)NC(C)COC)cc1. The van der Waals surface area contributed by atoms with E-state index in [0.717, 1.165) is 12.1 Å². The van der Waals surface area contributed by atoms with E-state index in [2.05, 4.69) is 29.7 Å². The lowest BCUT2D eigenvalue weighted by atomic mass is 10.1. The molecule has 2 N–H and O–H groups in total. The van der Waals surface area contributed by atoms with Crippen LogP contribution in [0.15, 0.2) is 24.3 Å². The van der Waals surface area contributed by atoms with Crippen molar-refractivity contribution >= 4 is 23.0 Å². The van der Waals surface area contributed by atoms with E-state index in [1.807, 2.05) is 19.1 Å². The van der Waals surface area contributed by atoms with Crippen molar-refractivity contribution in [2.75, 3.05) is 19.0 Å². The zero-order valence-electron chi connectivity index (χ0n) is 10.6. The zero-order chi connectivity index (χ0) is 12.7. The van der Waals surface area contributed by atoms with Crippen molar-refractivity contribution in [2.24, 2.45) is 0 Å². The Morgan fingerprint density at radius 1 is 1.35 bits per heavy atom. The van der Waals surface area contributed by atoms with E-state index < -0.39 is 0 Å². The molecule has 0 aromatic heterocycles. The molecule has 1 rings (SSSR count). The van der Waals surface area contributed by atoms with Crippen molar-refractivity contribution in [3.63, 3.8) is 0 Å². The Kier molecular flexibility index (Phi) is 5.94. The normalized spacial score (nSPS) is 11.9. The highest BCUT2D eigenvalue weighted by atomic mass is 32.1. The highest BCUT2D eigenvalue weighted by Gasteiger charge is 2.03. The van der Waals surface area contributed by atoms with Crippen LogP contribution in [-0.4, -0.2) is 24.9 Å². The molecular weight excluding hydrogens is 232 g/mol. The number of nitrogens with one attached hydrogen (secondary N) is 2. The molecule has 0 aliphatic heterocycles. The Labute approximate surface area is 109 Å². The van der Waals surface area contributed by atoms with E-state index in [1.54, 1.807) is 7.11 Å². The third-order valence-electron chi connectivity index (χ3n) is 2.41. The van der Waals surface area contributed by atoms with Gasteiger partial charge in [0.1, 0.15) is 0 Å². The van der Waals surface area contributed by atoms with E-state index in [0.29, 0.717) is 11.7 Å². The Balaban J connectivity index is 2.44. The first-order valence-corrected chi connectivity index (χ1v) is 6.22. The van der Waals surface area contributed by atoms with Crippen LogP contribution in [0.25, 0.3) is 0 Å². The van der Waals surface area contributed by atoms with Gasteiger partial charge in [-0.15, -0.1) is 0 Å². The predicted octanol–water partition coefficient (Wildman–Crippen LogP) is 2.57.